The zero-order chi connectivity index (χ0) is 13.8. The molecular formula is C11H12F3NO3. The topological polar surface area (TPSA) is 47.6 Å². The van der Waals surface area contributed by atoms with Crippen LogP contribution >= 0.6 is 0 Å². The molecular weight excluding hydrogens is 251 g/mol. The number of ether oxygens (including phenoxy) is 2. The van der Waals surface area contributed by atoms with E-state index in [2.05, 4.69) is 0 Å². The van der Waals surface area contributed by atoms with E-state index < -0.39 is 18.6 Å². The van der Waals surface area contributed by atoms with Gasteiger partial charge in [-0.1, -0.05) is 0 Å². The number of hydrogen-bond acceptors (Lipinski definition) is 3. The summed E-state index contributed by atoms with van der Waals surface area (Å²) in [4.78, 5) is 11.5. The summed E-state index contributed by atoms with van der Waals surface area (Å²) in [6, 6.07) is 4.11. The number of benzene rings is 1. The second-order valence-corrected chi connectivity index (χ2v) is 3.37. The molecule has 1 amide bonds. The van der Waals surface area contributed by atoms with Crippen LogP contribution in [0.3, 0.4) is 0 Å². The highest BCUT2D eigenvalue weighted by atomic mass is 19.4. The summed E-state index contributed by atoms with van der Waals surface area (Å²) >= 11 is 0. The molecule has 0 fully saturated rings. The molecule has 18 heavy (non-hydrogen) atoms. The Kier molecular flexibility index (Phi) is 4.41. The summed E-state index contributed by atoms with van der Waals surface area (Å²) in [5.74, 6) is -0.157. The van der Waals surface area contributed by atoms with Gasteiger partial charge in [-0.3, -0.25) is 4.79 Å². The highest BCUT2D eigenvalue weighted by molar-refractivity contribution is 5.94. The first-order valence-electron chi connectivity index (χ1n) is 4.94. The average Bonchev–Trinajstić information content (AvgIpc) is 2.34. The largest absolute Gasteiger partial charge is 0.493 e. The molecule has 0 aliphatic rings. The molecule has 0 bridgehead atoms. The second-order valence-electron chi connectivity index (χ2n) is 3.37. The monoisotopic (exact) mass is 263 g/mol. The molecule has 0 aromatic heterocycles. The van der Waals surface area contributed by atoms with Crippen molar-refractivity contribution in [2.24, 2.45) is 0 Å². The maximum absolute atomic E-state index is 11.9. The first-order chi connectivity index (χ1) is 8.37. The standard InChI is InChI=1S/C11H12F3NO3/c1-17-8-4-3-7(5-9(8)18-2)10(16)15-6-11(12,13)14/h3-5H,6H2,1-2H3,(H,15,16). The average molecular weight is 263 g/mol. The first-order valence-corrected chi connectivity index (χ1v) is 4.94. The van der Waals surface area contributed by atoms with Crippen LogP contribution in [0.1, 0.15) is 10.4 Å². The molecule has 0 spiro atoms. The molecule has 0 radical (unpaired) electrons. The van der Waals surface area contributed by atoms with Gasteiger partial charge in [0.25, 0.3) is 5.91 Å². The van der Waals surface area contributed by atoms with Gasteiger partial charge in [-0.2, -0.15) is 13.2 Å². The van der Waals surface area contributed by atoms with Crippen molar-refractivity contribution in [3.8, 4) is 11.5 Å². The van der Waals surface area contributed by atoms with Gasteiger partial charge < -0.3 is 14.8 Å². The molecule has 1 rings (SSSR count). The van der Waals surface area contributed by atoms with Gasteiger partial charge in [0.05, 0.1) is 14.2 Å². The van der Waals surface area contributed by atoms with Crippen molar-refractivity contribution < 1.29 is 27.4 Å². The van der Waals surface area contributed by atoms with E-state index >= 15 is 0 Å². The third-order valence-electron chi connectivity index (χ3n) is 2.10. The van der Waals surface area contributed by atoms with Gasteiger partial charge in [-0.25, -0.2) is 0 Å². The highest BCUT2D eigenvalue weighted by Gasteiger charge is 2.28. The minimum absolute atomic E-state index is 0.0666. The normalized spacial score (nSPS) is 10.9. The quantitative estimate of drug-likeness (QED) is 0.903. The molecule has 0 atom stereocenters. The number of halogens is 3. The first kappa shape index (κ1) is 14.1. The van der Waals surface area contributed by atoms with Crippen LogP contribution in [0.5, 0.6) is 11.5 Å². The summed E-state index contributed by atoms with van der Waals surface area (Å²) in [5, 5.41) is 1.77. The molecule has 100 valence electrons. The van der Waals surface area contributed by atoms with E-state index in [4.69, 9.17) is 9.47 Å². The smallest absolute Gasteiger partial charge is 0.405 e. The van der Waals surface area contributed by atoms with Crippen LogP contribution in [0.4, 0.5) is 13.2 Å². The zero-order valence-electron chi connectivity index (χ0n) is 9.80. The molecule has 7 heteroatoms. The number of carbonyl (C=O) groups is 1. The summed E-state index contributed by atoms with van der Waals surface area (Å²) < 4.78 is 45.7. The van der Waals surface area contributed by atoms with E-state index in [1.807, 2.05) is 0 Å². The molecule has 1 aromatic carbocycles. The molecule has 0 aliphatic carbocycles. The molecule has 4 nitrogen and oxygen atoms in total. The van der Waals surface area contributed by atoms with Crippen molar-refractivity contribution >= 4 is 5.91 Å². The second kappa shape index (κ2) is 5.61. The third-order valence-corrected chi connectivity index (χ3v) is 2.10. The predicted molar refractivity (Wildman–Crippen MR) is 57.9 cm³/mol. The van der Waals surface area contributed by atoms with Crippen LogP contribution < -0.4 is 14.8 Å². The summed E-state index contributed by atoms with van der Waals surface area (Å²) in [6.45, 7) is -1.37. The maximum atomic E-state index is 11.9. The van der Waals surface area contributed by atoms with E-state index in [0.717, 1.165) is 0 Å². The van der Waals surface area contributed by atoms with Crippen LogP contribution in [-0.2, 0) is 0 Å². The van der Waals surface area contributed by atoms with Gasteiger partial charge in [-0.05, 0) is 18.2 Å². The minimum Gasteiger partial charge on any atom is -0.493 e. The van der Waals surface area contributed by atoms with Gasteiger partial charge in [-0.15, -0.1) is 0 Å². The molecule has 1 N–H and O–H groups in total. The fraction of sp³-hybridized carbons (Fsp3) is 0.364. The Morgan fingerprint density at radius 3 is 2.33 bits per heavy atom. The van der Waals surface area contributed by atoms with E-state index in [0.29, 0.717) is 5.75 Å². The maximum Gasteiger partial charge on any atom is 0.405 e. The number of alkyl halides is 3. The van der Waals surface area contributed by atoms with Gasteiger partial charge in [0, 0.05) is 5.56 Å². The lowest BCUT2D eigenvalue weighted by Crippen LogP contribution is -2.33. The lowest BCUT2D eigenvalue weighted by Gasteiger charge is -2.11. The van der Waals surface area contributed by atoms with Crippen molar-refractivity contribution in [3.05, 3.63) is 23.8 Å². The molecule has 0 heterocycles. The third kappa shape index (κ3) is 3.83. The highest BCUT2D eigenvalue weighted by Crippen LogP contribution is 2.27. The Bertz CT molecular complexity index is 432. The lowest BCUT2D eigenvalue weighted by atomic mass is 10.2. The van der Waals surface area contributed by atoms with E-state index in [1.165, 1.54) is 32.4 Å². The van der Waals surface area contributed by atoms with Gasteiger partial charge in [0.15, 0.2) is 11.5 Å². The Morgan fingerprint density at radius 1 is 1.22 bits per heavy atom. The van der Waals surface area contributed by atoms with Crippen LogP contribution in [0.25, 0.3) is 0 Å². The van der Waals surface area contributed by atoms with Crippen molar-refractivity contribution in [3.63, 3.8) is 0 Å². The number of hydrogen-bond donors (Lipinski definition) is 1. The molecule has 1 aromatic rings. The van der Waals surface area contributed by atoms with Crippen molar-refractivity contribution in [1.29, 1.82) is 0 Å². The van der Waals surface area contributed by atoms with Crippen LogP contribution in [-0.4, -0.2) is 32.8 Å². The number of carbonyl (C=O) groups excluding carboxylic acids is 1. The number of methoxy groups -OCH3 is 2. The minimum atomic E-state index is -4.44. The van der Waals surface area contributed by atoms with Gasteiger partial charge in [0.2, 0.25) is 0 Å². The Labute approximate surface area is 102 Å². The Morgan fingerprint density at radius 2 is 1.83 bits per heavy atom. The fourth-order valence-corrected chi connectivity index (χ4v) is 1.26. The number of nitrogens with one attached hydrogen (secondary N) is 1. The van der Waals surface area contributed by atoms with E-state index in [1.54, 1.807) is 5.32 Å². The number of amides is 1. The SMILES string of the molecule is COc1ccc(C(=O)NCC(F)(F)F)cc1OC. The molecule has 0 saturated carbocycles. The fourth-order valence-electron chi connectivity index (χ4n) is 1.26. The van der Waals surface area contributed by atoms with Crippen LogP contribution in [0.2, 0.25) is 0 Å². The molecule has 0 aliphatic heterocycles. The van der Waals surface area contributed by atoms with Crippen molar-refractivity contribution in [2.75, 3.05) is 20.8 Å². The van der Waals surface area contributed by atoms with Crippen LogP contribution in [0, 0.1) is 0 Å². The van der Waals surface area contributed by atoms with Crippen molar-refractivity contribution in [1.82, 2.24) is 5.32 Å². The van der Waals surface area contributed by atoms with E-state index in [9.17, 15) is 18.0 Å². The van der Waals surface area contributed by atoms with E-state index in [-0.39, 0.29) is 11.3 Å². The summed E-state index contributed by atoms with van der Waals surface area (Å²) in [6.07, 6.45) is -4.44. The van der Waals surface area contributed by atoms with Gasteiger partial charge in [0.1, 0.15) is 6.54 Å². The Hall–Kier alpha value is -1.92. The summed E-state index contributed by atoms with van der Waals surface area (Å²) in [5.41, 5.74) is 0.0666. The molecule has 0 saturated heterocycles. The Balaban J connectivity index is 2.80. The number of rotatable bonds is 4. The molecule has 0 unspecified atom stereocenters. The van der Waals surface area contributed by atoms with Crippen molar-refractivity contribution in [2.45, 2.75) is 6.18 Å². The predicted octanol–water partition coefficient (Wildman–Crippen LogP) is 2.00. The van der Waals surface area contributed by atoms with Gasteiger partial charge >= 0.3 is 6.18 Å². The van der Waals surface area contributed by atoms with Crippen LogP contribution in [0.15, 0.2) is 18.2 Å². The zero-order valence-corrected chi connectivity index (χ0v) is 9.80. The lowest BCUT2D eigenvalue weighted by molar-refractivity contribution is -0.123. The summed E-state index contributed by atoms with van der Waals surface area (Å²) in [7, 11) is 2.79.